The molecule has 0 amide bonds. The third-order valence-electron chi connectivity index (χ3n) is 3.48. The Hall–Kier alpha value is -1.21. The zero-order chi connectivity index (χ0) is 16.1. The Labute approximate surface area is 141 Å². The highest BCUT2D eigenvalue weighted by atomic mass is 35.5. The Morgan fingerprint density at radius 3 is 2.18 bits per heavy atom. The Morgan fingerprint density at radius 1 is 1.05 bits per heavy atom. The Bertz CT molecular complexity index is 653. The summed E-state index contributed by atoms with van der Waals surface area (Å²) in [4.78, 5) is 13.0. The normalized spacial score (nSPS) is 13.8. The van der Waals surface area contributed by atoms with Crippen LogP contribution < -0.4 is 0 Å². The van der Waals surface area contributed by atoms with Gasteiger partial charge in [0.15, 0.2) is 14.2 Å². The lowest BCUT2D eigenvalue weighted by atomic mass is 9.87. The third kappa shape index (κ3) is 3.95. The van der Waals surface area contributed by atoms with E-state index in [0.717, 1.165) is 5.56 Å². The molecule has 22 heavy (non-hydrogen) atoms. The molecular formula is C17H15Cl2O2P. The van der Waals surface area contributed by atoms with E-state index in [4.69, 9.17) is 23.2 Å². The fourth-order valence-corrected chi connectivity index (χ4v) is 3.25. The first-order valence-corrected chi connectivity index (χ1v) is 8.54. The predicted octanol–water partition coefficient (Wildman–Crippen LogP) is 6.03. The molecule has 0 radical (unpaired) electrons. The van der Waals surface area contributed by atoms with Crippen LogP contribution in [0.1, 0.15) is 35.2 Å². The molecule has 0 spiro atoms. The lowest BCUT2D eigenvalue weighted by molar-refractivity contribution is 0.0955. The average molecular weight is 353 g/mol. The monoisotopic (exact) mass is 352 g/mol. The van der Waals surface area contributed by atoms with E-state index in [1.54, 1.807) is 18.2 Å². The Morgan fingerprint density at radius 2 is 1.64 bits per heavy atom. The highest BCUT2D eigenvalue weighted by molar-refractivity contribution is 7.24. The van der Waals surface area contributed by atoms with Gasteiger partial charge in [-0.25, -0.2) is 0 Å². The summed E-state index contributed by atoms with van der Waals surface area (Å²) in [6.45, 7) is 1.84. The molecule has 0 aliphatic heterocycles. The van der Waals surface area contributed by atoms with Crippen molar-refractivity contribution >= 4 is 37.4 Å². The molecule has 5 heteroatoms. The summed E-state index contributed by atoms with van der Waals surface area (Å²) in [5, 5.41) is 0.677. The van der Waals surface area contributed by atoms with Crippen molar-refractivity contribution in [1.29, 1.82) is 0 Å². The summed E-state index contributed by atoms with van der Waals surface area (Å²) >= 11 is 12.3. The molecule has 114 valence electrons. The second-order valence-corrected chi connectivity index (χ2v) is 7.02. The highest BCUT2D eigenvalue weighted by Crippen LogP contribution is 2.34. The average Bonchev–Trinajstić information content (AvgIpc) is 2.52. The smallest absolute Gasteiger partial charge is 0.173 e. The molecule has 0 aliphatic carbocycles. The van der Waals surface area contributed by atoms with Gasteiger partial charge < -0.3 is 0 Å². The fraction of sp³-hybridized carbons (Fsp3) is 0.235. The first-order valence-electron chi connectivity index (χ1n) is 6.90. The van der Waals surface area contributed by atoms with Crippen LogP contribution in [0.4, 0.5) is 0 Å². The summed E-state index contributed by atoms with van der Waals surface area (Å²) in [5.41, 5.74) is 1.07. The van der Waals surface area contributed by atoms with E-state index in [2.05, 4.69) is 0 Å². The van der Waals surface area contributed by atoms with Crippen LogP contribution >= 0.6 is 31.7 Å². The first kappa shape index (κ1) is 17.1. The van der Waals surface area contributed by atoms with Crippen molar-refractivity contribution in [3.8, 4) is 0 Å². The van der Waals surface area contributed by atoms with Gasteiger partial charge in [-0.3, -0.25) is 9.36 Å². The number of ketones is 1. The quantitative estimate of drug-likeness (QED) is 0.469. The maximum absolute atomic E-state index is 13.0. The number of halogens is 2. The molecule has 2 unspecified atom stereocenters. The number of benzene rings is 2. The molecule has 0 bridgehead atoms. The maximum Gasteiger partial charge on any atom is 0.173 e. The molecule has 2 nitrogen and oxygen atoms in total. The van der Waals surface area contributed by atoms with Gasteiger partial charge in [-0.1, -0.05) is 66.5 Å². The van der Waals surface area contributed by atoms with Gasteiger partial charge in [-0.15, -0.1) is 0 Å². The summed E-state index contributed by atoms with van der Waals surface area (Å²) < 4.78 is 11.1. The van der Waals surface area contributed by atoms with E-state index < -0.39 is 5.92 Å². The van der Waals surface area contributed by atoms with Crippen LogP contribution in [-0.4, -0.2) is 11.4 Å². The van der Waals surface area contributed by atoms with Gasteiger partial charge in [0.1, 0.15) is 0 Å². The summed E-state index contributed by atoms with van der Waals surface area (Å²) in [7, 11) is 0.0233. The molecule has 2 atom stereocenters. The Balaban J connectivity index is 2.45. The van der Waals surface area contributed by atoms with E-state index in [1.807, 2.05) is 37.3 Å². The minimum Gasteiger partial charge on any atom is -0.293 e. The summed E-state index contributed by atoms with van der Waals surface area (Å²) in [5.74, 6) is -0.563. The maximum atomic E-state index is 13.0. The topological polar surface area (TPSA) is 34.1 Å². The standard InChI is InChI=1S/C17H15Cl2O2P/c1-11(22-21)10-13(12-6-3-2-4-7-12)17(20)16-14(18)8-5-9-15(16)19/h2-9,11,13H,10H2,1H3. The minimum atomic E-state index is -0.421. The van der Waals surface area contributed by atoms with Crippen molar-refractivity contribution in [2.24, 2.45) is 0 Å². The molecule has 0 N–H and O–H groups in total. The number of carbonyl (C=O) groups is 1. The summed E-state index contributed by atoms with van der Waals surface area (Å²) in [6.07, 6.45) is 0.468. The third-order valence-corrected chi connectivity index (χ3v) is 4.69. The number of hydrogen-bond donors (Lipinski definition) is 0. The molecule has 2 aromatic carbocycles. The highest BCUT2D eigenvalue weighted by Gasteiger charge is 2.27. The van der Waals surface area contributed by atoms with Gasteiger partial charge in [0.2, 0.25) is 0 Å². The van der Waals surface area contributed by atoms with Crippen molar-refractivity contribution in [3.63, 3.8) is 0 Å². The van der Waals surface area contributed by atoms with Crippen LogP contribution in [0.2, 0.25) is 10.0 Å². The molecule has 0 aromatic heterocycles. The largest absolute Gasteiger partial charge is 0.293 e. The first-order chi connectivity index (χ1) is 10.5. The van der Waals surface area contributed by atoms with E-state index in [0.29, 0.717) is 22.0 Å². The van der Waals surface area contributed by atoms with E-state index in [9.17, 15) is 9.36 Å². The minimum absolute atomic E-state index is 0.0233. The molecule has 2 aromatic rings. The van der Waals surface area contributed by atoms with E-state index in [-0.39, 0.29) is 19.9 Å². The van der Waals surface area contributed by atoms with Crippen LogP contribution in [0.5, 0.6) is 0 Å². The van der Waals surface area contributed by atoms with Gasteiger partial charge in [0, 0.05) is 11.6 Å². The summed E-state index contributed by atoms with van der Waals surface area (Å²) in [6, 6.07) is 14.4. The van der Waals surface area contributed by atoms with Crippen LogP contribution in [-0.2, 0) is 4.57 Å². The molecule has 0 heterocycles. The molecule has 0 aliphatic rings. The van der Waals surface area contributed by atoms with Crippen LogP contribution in [0.15, 0.2) is 48.5 Å². The number of carbonyl (C=O) groups excluding carboxylic acids is 1. The zero-order valence-electron chi connectivity index (χ0n) is 12.0. The van der Waals surface area contributed by atoms with Gasteiger partial charge >= 0.3 is 0 Å². The van der Waals surface area contributed by atoms with Crippen molar-refractivity contribution in [2.75, 3.05) is 0 Å². The van der Waals surface area contributed by atoms with Crippen molar-refractivity contribution in [2.45, 2.75) is 24.9 Å². The van der Waals surface area contributed by atoms with Gasteiger partial charge in [0.05, 0.1) is 15.6 Å². The molecule has 0 fully saturated rings. The number of hydrogen-bond acceptors (Lipinski definition) is 2. The predicted molar refractivity (Wildman–Crippen MR) is 91.7 cm³/mol. The van der Waals surface area contributed by atoms with E-state index in [1.165, 1.54) is 0 Å². The van der Waals surface area contributed by atoms with E-state index >= 15 is 0 Å². The number of Topliss-reactive ketones (excluding diaryl/α,β-unsaturated/α-hetero) is 1. The van der Waals surface area contributed by atoms with Gasteiger partial charge in [0.25, 0.3) is 0 Å². The zero-order valence-corrected chi connectivity index (χ0v) is 14.4. The second kappa shape index (κ2) is 7.87. The molecule has 0 saturated carbocycles. The van der Waals surface area contributed by atoms with Crippen LogP contribution in [0.25, 0.3) is 0 Å². The van der Waals surface area contributed by atoms with Crippen LogP contribution in [0.3, 0.4) is 0 Å². The van der Waals surface area contributed by atoms with Gasteiger partial charge in [-0.2, -0.15) is 0 Å². The number of rotatable bonds is 6. The second-order valence-electron chi connectivity index (χ2n) is 5.11. The SMILES string of the molecule is CC(CC(C(=O)c1c(Cl)cccc1Cl)c1ccccc1)P=O. The van der Waals surface area contributed by atoms with Crippen molar-refractivity contribution < 1.29 is 9.36 Å². The van der Waals surface area contributed by atoms with Gasteiger partial charge in [-0.05, 0) is 24.1 Å². The molecule has 2 rings (SSSR count). The van der Waals surface area contributed by atoms with Crippen molar-refractivity contribution in [3.05, 3.63) is 69.7 Å². The Kier molecular flexibility index (Phi) is 6.14. The lowest BCUT2D eigenvalue weighted by Crippen LogP contribution is -2.17. The molecule has 0 saturated heterocycles. The van der Waals surface area contributed by atoms with Crippen molar-refractivity contribution in [1.82, 2.24) is 0 Å². The van der Waals surface area contributed by atoms with Crippen LogP contribution in [0, 0.1) is 0 Å². The fourth-order valence-electron chi connectivity index (χ4n) is 2.37. The molecular weight excluding hydrogens is 338 g/mol. The lowest BCUT2D eigenvalue weighted by Gasteiger charge is -2.19.